The zero-order chi connectivity index (χ0) is 12.5. The SMILES string of the molecule is COc1ccc2c(c1OC)CC[C@@H]1NCCCC21. The first-order valence-corrected chi connectivity index (χ1v) is 6.82. The summed E-state index contributed by atoms with van der Waals surface area (Å²) in [5, 5.41) is 3.66. The summed E-state index contributed by atoms with van der Waals surface area (Å²) in [5.74, 6) is 2.46. The fraction of sp³-hybridized carbons (Fsp3) is 0.600. The molecule has 2 atom stereocenters. The quantitative estimate of drug-likeness (QED) is 0.871. The van der Waals surface area contributed by atoms with Crippen LogP contribution in [0.15, 0.2) is 12.1 Å². The van der Waals surface area contributed by atoms with E-state index in [1.165, 1.54) is 36.9 Å². The normalized spacial score (nSPS) is 26.1. The van der Waals surface area contributed by atoms with Crippen molar-refractivity contribution in [2.75, 3.05) is 20.8 Å². The van der Waals surface area contributed by atoms with Gasteiger partial charge in [0.1, 0.15) is 0 Å². The number of hydrogen-bond acceptors (Lipinski definition) is 3. The predicted molar refractivity (Wildman–Crippen MR) is 71.6 cm³/mol. The van der Waals surface area contributed by atoms with Crippen molar-refractivity contribution >= 4 is 0 Å². The van der Waals surface area contributed by atoms with Gasteiger partial charge in [-0.2, -0.15) is 0 Å². The second-order valence-electron chi connectivity index (χ2n) is 5.22. The molecule has 0 bridgehead atoms. The molecule has 3 heteroatoms. The molecule has 1 saturated heterocycles. The molecule has 2 aliphatic rings. The molecular weight excluding hydrogens is 226 g/mol. The summed E-state index contributed by atoms with van der Waals surface area (Å²) in [6.07, 6.45) is 4.86. The molecule has 1 aromatic rings. The van der Waals surface area contributed by atoms with Gasteiger partial charge in [-0.1, -0.05) is 6.07 Å². The van der Waals surface area contributed by atoms with Gasteiger partial charge in [0.15, 0.2) is 11.5 Å². The summed E-state index contributed by atoms with van der Waals surface area (Å²) in [4.78, 5) is 0. The van der Waals surface area contributed by atoms with Crippen molar-refractivity contribution in [3.05, 3.63) is 23.3 Å². The van der Waals surface area contributed by atoms with Crippen molar-refractivity contribution in [1.82, 2.24) is 5.32 Å². The summed E-state index contributed by atoms with van der Waals surface area (Å²) in [5.41, 5.74) is 2.83. The van der Waals surface area contributed by atoms with Crippen LogP contribution in [0.25, 0.3) is 0 Å². The molecule has 1 fully saturated rings. The molecule has 1 aliphatic heterocycles. The van der Waals surface area contributed by atoms with Gasteiger partial charge in [-0.15, -0.1) is 0 Å². The van der Waals surface area contributed by atoms with E-state index in [4.69, 9.17) is 9.47 Å². The van der Waals surface area contributed by atoms with Crippen LogP contribution in [0, 0.1) is 0 Å². The Hall–Kier alpha value is -1.22. The molecule has 3 nitrogen and oxygen atoms in total. The molecular formula is C15H21NO2. The molecule has 1 unspecified atom stereocenters. The molecule has 1 aliphatic carbocycles. The predicted octanol–water partition coefficient (Wildman–Crippen LogP) is 2.49. The van der Waals surface area contributed by atoms with Crippen LogP contribution in [-0.4, -0.2) is 26.8 Å². The number of benzene rings is 1. The van der Waals surface area contributed by atoms with Gasteiger partial charge >= 0.3 is 0 Å². The van der Waals surface area contributed by atoms with Crippen LogP contribution in [0.1, 0.15) is 36.3 Å². The van der Waals surface area contributed by atoms with Crippen LogP contribution in [0.4, 0.5) is 0 Å². The standard InChI is InChI=1S/C15H21NO2/c1-17-14-8-6-10-11-4-3-9-16-13(11)7-5-12(10)15(14)18-2/h6,8,11,13,16H,3-5,7,9H2,1-2H3/t11?,13-/m0/s1. The lowest BCUT2D eigenvalue weighted by molar-refractivity contribution is 0.307. The summed E-state index contributed by atoms with van der Waals surface area (Å²) >= 11 is 0. The second-order valence-corrected chi connectivity index (χ2v) is 5.22. The van der Waals surface area contributed by atoms with Crippen LogP contribution in [0.3, 0.4) is 0 Å². The maximum Gasteiger partial charge on any atom is 0.164 e. The van der Waals surface area contributed by atoms with E-state index in [1.54, 1.807) is 14.2 Å². The highest BCUT2D eigenvalue weighted by Gasteiger charge is 2.33. The second kappa shape index (κ2) is 4.81. The van der Waals surface area contributed by atoms with Crippen molar-refractivity contribution in [1.29, 1.82) is 0 Å². The monoisotopic (exact) mass is 247 g/mol. The van der Waals surface area contributed by atoms with Crippen LogP contribution >= 0.6 is 0 Å². The summed E-state index contributed by atoms with van der Waals surface area (Å²) in [6, 6.07) is 4.94. The topological polar surface area (TPSA) is 30.5 Å². The highest BCUT2D eigenvalue weighted by molar-refractivity contribution is 5.53. The Morgan fingerprint density at radius 3 is 2.83 bits per heavy atom. The van der Waals surface area contributed by atoms with Gasteiger partial charge in [0, 0.05) is 11.6 Å². The van der Waals surface area contributed by atoms with Crippen molar-refractivity contribution in [2.45, 2.75) is 37.6 Å². The van der Waals surface area contributed by atoms with Crippen LogP contribution < -0.4 is 14.8 Å². The number of ether oxygens (including phenoxy) is 2. The molecule has 3 rings (SSSR count). The lowest BCUT2D eigenvalue weighted by atomic mass is 9.75. The lowest BCUT2D eigenvalue weighted by Crippen LogP contribution is -2.42. The molecule has 0 saturated carbocycles. The van der Waals surface area contributed by atoms with Gasteiger partial charge in [-0.3, -0.25) is 0 Å². The number of rotatable bonds is 2. The van der Waals surface area contributed by atoms with Gasteiger partial charge in [0.05, 0.1) is 14.2 Å². The number of nitrogens with one attached hydrogen (secondary N) is 1. The molecule has 1 heterocycles. The molecule has 0 amide bonds. The van der Waals surface area contributed by atoms with Gasteiger partial charge < -0.3 is 14.8 Å². The Labute approximate surface area is 108 Å². The van der Waals surface area contributed by atoms with Gasteiger partial charge in [-0.25, -0.2) is 0 Å². The Balaban J connectivity index is 2.04. The van der Waals surface area contributed by atoms with E-state index in [0.717, 1.165) is 17.9 Å². The van der Waals surface area contributed by atoms with Crippen LogP contribution in [-0.2, 0) is 6.42 Å². The number of methoxy groups -OCH3 is 2. The van der Waals surface area contributed by atoms with Gasteiger partial charge in [-0.05, 0) is 49.8 Å². The van der Waals surface area contributed by atoms with E-state index in [2.05, 4.69) is 17.4 Å². The average molecular weight is 247 g/mol. The van der Waals surface area contributed by atoms with E-state index in [9.17, 15) is 0 Å². The largest absolute Gasteiger partial charge is 0.493 e. The summed E-state index contributed by atoms with van der Waals surface area (Å²) < 4.78 is 11.0. The van der Waals surface area contributed by atoms with E-state index in [0.29, 0.717) is 12.0 Å². The molecule has 0 radical (unpaired) electrons. The number of piperidine rings is 1. The number of fused-ring (bicyclic) bond motifs is 3. The Morgan fingerprint density at radius 2 is 2.06 bits per heavy atom. The molecule has 0 spiro atoms. The zero-order valence-corrected chi connectivity index (χ0v) is 11.2. The third-order valence-electron chi connectivity index (χ3n) is 4.37. The first-order chi connectivity index (χ1) is 8.85. The highest BCUT2D eigenvalue weighted by Crippen LogP contribution is 2.44. The molecule has 1 aromatic carbocycles. The zero-order valence-electron chi connectivity index (χ0n) is 11.2. The fourth-order valence-corrected chi connectivity index (χ4v) is 3.54. The lowest BCUT2D eigenvalue weighted by Gasteiger charge is -2.38. The first-order valence-electron chi connectivity index (χ1n) is 6.82. The summed E-state index contributed by atoms with van der Waals surface area (Å²) in [7, 11) is 3.45. The first kappa shape index (κ1) is 11.8. The third kappa shape index (κ3) is 1.77. The Morgan fingerprint density at radius 1 is 1.17 bits per heavy atom. The van der Waals surface area contributed by atoms with Crippen molar-refractivity contribution in [2.24, 2.45) is 0 Å². The molecule has 98 valence electrons. The van der Waals surface area contributed by atoms with Crippen molar-refractivity contribution in [3.63, 3.8) is 0 Å². The van der Waals surface area contributed by atoms with Gasteiger partial charge in [0.2, 0.25) is 0 Å². The smallest absolute Gasteiger partial charge is 0.164 e. The Kier molecular flexibility index (Phi) is 3.16. The van der Waals surface area contributed by atoms with Crippen LogP contribution in [0.2, 0.25) is 0 Å². The van der Waals surface area contributed by atoms with E-state index in [1.807, 2.05) is 0 Å². The highest BCUT2D eigenvalue weighted by atomic mass is 16.5. The van der Waals surface area contributed by atoms with Gasteiger partial charge in [0.25, 0.3) is 0 Å². The molecule has 1 N–H and O–H groups in total. The Bertz CT molecular complexity index is 444. The molecule has 18 heavy (non-hydrogen) atoms. The fourth-order valence-electron chi connectivity index (χ4n) is 3.54. The summed E-state index contributed by atoms with van der Waals surface area (Å²) in [6.45, 7) is 1.17. The number of hydrogen-bond donors (Lipinski definition) is 1. The van der Waals surface area contributed by atoms with Crippen molar-refractivity contribution in [3.8, 4) is 11.5 Å². The van der Waals surface area contributed by atoms with Crippen molar-refractivity contribution < 1.29 is 9.47 Å². The van der Waals surface area contributed by atoms with E-state index in [-0.39, 0.29) is 0 Å². The third-order valence-corrected chi connectivity index (χ3v) is 4.37. The minimum Gasteiger partial charge on any atom is -0.493 e. The maximum atomic E-state index is 5.57. The van der Waals surface area contributed by atoms with E-state index >= 15 is 0 Å². The van der Waals surface area contributed by atoms with Crippen LogP contribution in [0.5, 0.6) is 11.5 Å². The molecule has 0 aromatic heterocycles. The average Bonchev–Trinajstić information content (AvgIpc) is 2.45. The van der Waals surface area contributed by atoms with E-state index < -0.39 is 0 Å². The maximum absolute atomic E-state index is 5.57. The minimum atomic E-state index is 0.655. The minimum absolute atomic E-state index is 0.655.